The van der Waals surface area contributed by atoms with Gasteiger partial charge in [-0.3, -0.25) is 0 Å². The van der Waals surface area contributed by atoms with E-state index in [2.05, 4.69) is 43.8 Å². The summed E-state index contributed by atoms with van der Waals surface area (Å²) < 4.78 is 31.1. The van der Waals surface area contributed by atoms with Crippen LogP contribution in [0.25, 0.3) is 0 Å². The van der Waals surface area contributed by atoms with Crippen molar-refractivity contribution in [3.63, 3.8) is 0 Å². The number of sulfonamides is 1. The molecule has 1 saturated carbocycles. The van der Waals surface area contributed by atoms with Gasteiger partial charge in [0.05, 0.1) is 4.90 Å². The second-order valence-electron chi connectivity index (χ2n) is 8.66. The Kier molecular flexibility index (Phi) is 6.35. The van der Waals surface area contributed by atoms with Crippen LogP contribution in [0.2, 0.25) is 18.1 Å². The van der Waals surface area contributed by atoms with Gasteiger partial charge >= 0.3 is 0 Å². The number of nitrogens with one attached hydrogen (secondary N) is 1. The van der Waals surface area contributed by atoms with Crippen molar-refractivity contribution in [2.24, 2.45) is 5.10 Å². The Labute approximate surface area is 159 Å². The zero-order valence-corrected chi connectivity index (χ0v) is 18.6. The van der Waals surface area contributed by atoms with Gasteiger partial charge in [0.2, 0.25) is 0 Å². The molecule has 0 bridgehead atoms. The van der Waals surface area contributed by atoms with Crippen LogP contribution < -0.4 is 4.83 Å². The summed E-state index contributed by atoms with van der Waals surface area (Å²) in [5, 5.41) is 4.37. The monoisotopic (exact) mass is 396 g/mol. The highest BCUT2D eigenvalue weighted by Crippen LogP contribution is 2.38. The first-order chi connectivity index (χ1) is 11.9. The van der Waals surface area contributed by atoms with Gasteiger partial charge in [-0.25, -0.2) is 4.83 Å². The zero-order valence-electron chi connectivity index (χ0n) is 16.8. The van der Waals surface area contributed by atoms with Crippen LogP contribution in [-0.4, -0.2) is 28.6 Å². The first-order valence-electron chi connectivity index (χ1n) is 9.22. The standard InChI is InChI=1S/C19H32N2O3SSi/c1-15-7-13-18(14-8-15)25(22,23)21-20-16-9-11-17(12-10-16)24-26(5,6)19(2,3)4/h7-8,13-14,17,21H,9-12H2,1-6H3. The number of rotatable bonds is 5. The third-order valence-electron chi connectivity index (χ3n) is 5.43. The second-order valence-corrected chi connectivity index (χ2v) is 15.1. The second kappa shape index (κ2) is 7.82. The van der Waals surface area contributed by atoms with E-state index in [0.717, 1.165) is 37.0 Å². The molecule has 1 aromatic carbocycles. The van der Waals surface area contributed by atoms with E-state index in [-0.39, 0.29) is 16.0 Å². The molecule has 1 aliphatic carbocycles. The molecule has 7 heteroatoms. The van der Waals surface area contributed by atoms with E-state index in [1.165, 1.54) is 0 Å². The molecule has 1 aliphatic rings. The summed E-state index contributed by atoms with van der Waals surface area (Å²) in [7, 11) is -5.36. The molecule has 146 valence electrons. The molecule has 1 aromatic rings. The predicted molar refractivity (Wildman–Crippen MR) is 109 cm³/mol. The van der Waals surface area contributed by atoms with Gasteiger partial charge in [-0.1, -0.05) is 38.5 Å². The average molecular weight is 397 g/mol. The summed E-state index contributed by atoms with van der Waals surface area (Å²) >= 11 is 0. The first kappa shape index (κ1) is 21.1. The molecule has 2 rings (SSSR count). The van der Waals surface area contributed by atoms with Crippen molar-refractivity contribution < 1.29 is 12.8 Å². The molecule has 1 fully saturated rings. The fourth-order valence-electron chi connectivity index (χ4n) is 2.64. The zero-order chi connectivity index (χ0) is 19.6. The molecular weight excluding hydrogens is 364 g/mol. The number of hydrogen-bond acceptors (Lipinski definition) is 4. The Hall–Kier alpha value is -1.18. The molecule has 0 aromatic heterocycles. The van der Waals surface area contributed by atoms with Crippen molar-refractivity contribution in [3.05, 3.63) is 29.8 Å². The van der Waals surface area contributed by atoms with Crippen molar-refractivity contribution in [1.82, 2.24) is 4.83 Å². The predicted octanol–water partition coefficient (Wildman–Crippen LogP) is 4.59. The minimum atomic E-state index is -3.60. The average Bonchev–Trinajstić information content (AvgIpc) is 2.53. The lowest BCUT2D eigenvalue weighted by Crippen LogP contribution is -2.44. The number of aryl methyl sites for hydroxylation is 1. The minimum absolute atomic E-state index is 0.199. The fraction of sp³-hybridized carbons (Fsp3) is 0.632. The Bertz CT molecular complexity index is 740. The third-order valence-corrected chi connectivity index (χ3v) is 11.2. The molecule has 0 heterocycles. The van der Waals surface area contributed by atoms with Gasteiger partial charge in [-0.15, -0.1) is 0 Å². The Morgan fingerprint density at radius 1 is 1.12 bits per heavy atom. The Balaban J connectivity index is 1.92. The van der Waals surface area contributed by atoms with Crippen molar-refractivity contribution in [1.29, 1.82) is 0 Å². The number of benzene rings is 1. The van der Waals surface area contributed by atoms with Gasteiger partial charge in [0.15, 0.2) is 8.32 Å². The van der Waals surface area contributed by atoms with Crippen LogP contribution in [0.5, 0.6) is 0 Å². The summed E-state index contributed by atoms with van der Waals surface area (Å²) in [6.45, 7) is 13.2. The lowest BCUT2D eigenvalue weighted by atomic mass is 9.96. The van der Waals surface area contributed by atoms with Gasteiger partial charge in [0, 0.05) is 11.8 Å². The van der Waals surface area contributed by atoms with Crippen LogP contribution in [0.15, 0.2) is 34.3 Å². The van der Waals surface area contributed by atoms with Gasteiger partial charge in [-0.05, 0) is 62.9 Å². The summed E-state index contributed by atoms with van der Waals surface area (Å²) in [6.07, 6.45) is 3.60. The molecule has 0 unspecified atom stereocenters. The van der Waals surface area contributed by atoms with E-state index in [9.17, 15) is 8.42 Å². The van der Waals surface area contributed by atoms with E-state index >= 15 is 0 Å². The molecule has 0 saturated heterocycles. The molecule has 1 N–H and O–H groups in total. The van der Waals surface area contributed by atoms with Crippen LogP contribution in [-0.2, 0) is 14.4 Å². The largest absolute Gasteiger partial charge is 0.414 e. The van der Waals surface area contributed by atoms with E-state index in [0.29, 0.717) is 0 Å². The van der Waals surface area contributed by atoms with Crippen molar-refractivity contribution in [2.75, 3.05) is 0 Å². The normalized spacial score (nSPS) is 19.3. The van der Waals surface area contributed by atoms with Gasteiger partial charge in [0.1, 0.15) is 0 Å². The SMILES string of the molecule is Cc1ccc(S(=O)(=O)NN=C2CCC(O[Si](C)(C)C(C)(C)C)CC2)cc1. The smallest absolute Gasteiger partial charge is 0.276 e. The molecule has 0 radical (unpaired) electrons. The van der Waals surface area contributed by atoms with Crippen LogP contribution in [0.1, 0.15) is 52.0 Å². The van der Waals surface area contributed by atoms with Crippen LogP contribution in [0.3, 0.4) is 0 Å². The van der Waals surface area contributed by atoms with Gasteiger partial charge in [-0.2, -0.15) is 13.5 Å². The molecular formula is C19H32N2O3SSi. The fourth-order valence-corrected chi connectivity index (χ4v) is 4.91. The van der Waals surface area contributed by atoms with E-state index in [1.807, 2.05) is 6.92 Å². The highest BCUT2D eigenvalue weighted by atomic mass is 32.2. The van der Waals surface area contributed by atoms with Gasteiger partial charge in [0.25, 0.3) is 10.0 Å². The maximum atomic E-state index is 12.3. The van der Waals surface area contributed by atoms with Gasteiger partial charge < -0.3 is 4.43 Å². The molecule has 0 spiro atoms. The van der Waals surface area contributed by atoms with Crippen molar-refractivity contribution in [3.8, 4) is 0 Å². The maximum absolute atomic E-state index is 12.3. The first-order valence-corrected chi connectivity index (χ1v) is 13.6. The molecule has 26 heavy (non-hydrogen) atoms. The summed E-state index contributed by atoms with van der Waals surface area (Å²) in [6, 6.07) is 6.76. The number of hydrogen-bond donors (Lipinski definition) is 1. The number of nitrogens with zero attached hydrogens (tertiary/aromatic N) is 1. The summed E-state index contributed by atoms with van der Waals surface area (Å²) in [4.78, 5) is 2.62. The number of hydrazone groups is 1. The highest BCUT2D eigenvalue weighted by molar-refractivity contribution is 7.89. The van der Waals surface area contributed by atoms with E-state index < -0.39 is 18.3 Å². The van der Waals surface area contributed by atoms with Crippen molar-refractivity contribution in [2.45, 2.75) is 82.5 Å². The Morgan fingerprint density at radius 2 is 1.65 bits per heavy atom. The third kappa shape index (κ3) is 5.41. The van der Waals surface area contributed by atoms with Crippen LogP contribution in [0.4, 0.5) is 0 Å². The maximum Gasteiger partial charge on any atom is 0.276 e. The highest BCUT2D eigenvalue weighted by Gasteiger charge is 2.39. The molecule has 0 aliphatic heterocycles. The lowest BCUT2D eigenvalue weighted by Gasteiger charge is -2.40. The lowest BCUT2D eigenvalue weighted by molar-refractivity contribution is 0.159. The van der Waals surface area contributed by atoms with E-state index in [4.69, 9.17) is 4.43 Å². The van der Waals surface area contributed by atoms with Crippen LogP contribution in [0, 0.1) is 6.92 Å². The molecule has 5 nitrogen and oxygen atoms in total. The quantitative estimate of drug-likeness (QED) is 0.584. The Morgan fingerprint density at radius 3 is 2.15 bits per heavy atom. The summed E-state index contributed by atoms with van der Waals surface area (Å²) in [5.74, 6) is 0. The summed E-state index contributed by atoms with van der Waals surface area (Å²) in [5.41, 5.74) is 1.92. The minimum Gasteiger partial charge on any atom is -0.414 e. The molecule has 0 amide bonds. The van der Waals surface area contributed by atoms with E-state index in [1.54, 1.807) is 24.3 Å². The molecule has 0 atom stereocenters. The topological polar surface area (TPSA) is 67.8 Å². The van der Waals surface area contributed by atoms with Crippen LogP contribution >= 0.6 is 0 Å². The van der Waals surface area contributed by atoms with Crippen molar-refractivity contribution >= 4 is 24.1 Å².